The summed E-state index contributed by atoms with van der Waals surface area (Å²) in [6.45, 7) is 21.8. The van der Waals surface area contributed by atoms with Crippen LogP contribution in [-0.4, -0.2) is 59.8 Å². The monoisotopic (exact) mass is 631 g/mol. The van der Waals surface area contributed by atoms with Gasteiger partial charge in [0.05, 0.1) is 11.8 Å². The molecule has 2 heterocycles. The molecule has 1 N–H and O–H groups in total. The number of carbonyl (C=O) groups excluding carboxylic acids is 2. The maximum absolute atomic E-state index is 13.6. The average molecular weight is 631 g/mol. The van der Waals surface area contributed by atoms with Gasteiger partial charge in [0.1, 0.15) is 12.2 Å². The van der Waals surface area contributed by atoms with Gasteiger partial charge in [-0.25, -0.2) is 0 Å². The minimum Gasteiger partial charge on any atom is -0.462 e. The van der Waals surface area contributed by atoms with Gasteiger partial charge in [0.25, 0.3) is 0 Å². The molecule has 0 spiro atoms. The number of piperidine rings is 2. The first-order valence-electron chi connectivity index (χ1n) is 19.3. The number of nitrogens with one attached hydrogen (secondary N) is 1. The van der Waals surface area contributed by atoms with Crippen molar-refractivity contribution in [1.29, 1.82) is 0 Å². The Hall–Kier alpha value is -1.14. The van der Waals surface area contributed by atoms with E-state index < -0.39 is 0 Å². The smallest absolute Gasteiger partial charge is 0.309 e. The van der Waals surface area contributed by atoms with Crippen LogP contribution in [0.3, 0.4) is 0 Å². The van der Waals surface area contributed by atoms with Crippen LogP contribution in [0.25, 0.3) is 0 Å². The highest BCUT2D eigenvalue weighted by Crippen LogP contribution is 2.46. The third-order valence-electron chi connectivity index (χ3n) is 12.3. The molecule has 4 fully saturated rings. The summed E-state index contributed by atoms with van der Waals surface area (Å²) in [6, 6.07) is 1.76. The molecular formula is C39H70N2O4. The Morgan fingerprint density at radius 1 is 0.622 bits per heavy atom. The number of hydrogen-bond donors (Lipinski definition) is 1. The van der Waals surface area contributed by atoms with Gasteiger partial charge in [-0.1, -0.05) is 75.2 Å². The van der Waals surface area contributed by atoms with E-state index in [4.69, 9.17) is 9.47 Å². The van der Waals surface area contributed by atoms with Crippen LogP contribution in [0.1, 0.15) is 146 Å². The zero-order chi connectivity index (χ0) is 32.8. The lowest BCUT2D eigenvalue weighted by molar-refractivity contribution is -0.165. The van der Waals surface area contributed by atoms with Crippen molar-refractivity contribution in [3.63, 3.8) is 0 Å². The number of unbranched alkanes of at least 4 members (excludes halogenated alkanes) is 2. The van der Waals surface area contributed by atoms with Crippen LogP contribution in [0.5, 0.6) is 0 Å². The van der Waals surface area contributed by atoms with Gasteiger partial charge < -0.3 is 14.8 Å². The Morgan fingerprint density at radius 2 is 1.07 bits per heavy atom. The van der Waals surface area contributed by atoms with Crippen molar-refractivity contribution in [2.75, 3.05) is 6.54 Å². The fraction of sp³-hybridized carbons (Fsp3) is 0.949. The minimum atomic E-state index is 0.0167. The normalized spacial score (nSPS) is 36.4. The summed E-state index contributed by atoms with van der Waals surface area (Å²) in [5, 5.41) is 3.80. The molecule has 0 amide bonds. The van der Waals surface area contributed by atoms with E-state index in [9.17, 15) is 9.59 Å². The topological polar surface area (TPSA) is 67.9 Å². The van der Waals surface area contributed by atoms with Crippen LogP contribution in [0.4, 0.5) is 0 Å². The number of carbonyl (C=O) groups is 2. The van der Waals surface area contributed by atoms with Crippen molar-refractivity contribution in [1.82, 2.24) is 10.2 Å². The van der Waals surface area contributed by atoms with Crippen molar-refractivity contribution in [2.45, 2.75) is 182 Å². The van der Waals surface area contributed by atoms with Crippen LogP contribution in [0.2, 0.25) is 0 Å². The summed E-state index contributed by atoms with van der Waals surface area (Å²) in [6.07, 6.45) is 13.3. The molecule has 0 bridgehead atoms. The number of rotatable bonds is 12. The van der Waals surface area contributed by atoms with Crippen molar-refractivity contribution >= 4 is 11.9 Å². The molecule has 2 aliphatic carbocycles. The maximum atomic E-state index is 13.6. The van der Waals surface area contributed by atoms with E-state index in [0.29, 0.717) is 59.7 Å². The Bertz CT molecular complexity index is 900. The van der Waals surface area contributed by atoms with Gasteiger partial charge in [0.2, 0.25) is 0 Å². The lowest BCUT2D eigenvalue weighted by Crippen LogP contribution is -2.55. The highest BCUT2D eigenvalue weighted by atomic mass is 16.5. The van der Waals surface area contributed by atoms with Crippen molar-refractivity contribution in [2.24, 2.45) is 47.3 Å². The minimum absolute atomic E-state index is 0.0167. The van der Waals surface area contributed by atoms with Gasteiger partial charge in [-0.3, -0.25) is 14.5 Å². The van der Waals surface area contributed by atoms with E-state index in [2.05, 4.69) is 72.5 Å². The fourth-order valence-corrected chi connectivity index (χ4v) is 9.37. The summed E-state index contributed by atoms with van der Waals surface area (Å²) in [7, 11) is 0. The molecule has 0 radical (unpaired) electrons. The molecule has 6 heteroatoms. The van der Waals surface area contributed by atoms with Gasteiger partial charge in [0.15, 0.2) is 0 Å². The van der Waals surface area contributed by atoms with E-state index in [0.717, 1.165) is 70.8 Å². The number of ether oxygens (including phenoxy) is 2. The van der Waals surface area contributed by atoms with Crippen LogP contribution >= 0.6 is 0 Å². The predicted octanol–water partition coefficient (Wildman–Crippen LogP) is 8.41. The standard InChI is InChI=1S/C39H70N2O4/c1-10-11-12-17-41-36(26(6)7)22-33(23-37(41)27(8)9)45-39(43)31-16-14-28-18-30(15-13-29(28)19-31)38(42)44-32-20-34(24(2)3)40-35(21-32)25(4)5/h24-37,40H,10-23H2,1-9H3. The van der Waals surface area contributed by atoms with Crippen LogP contribution in [0, 0.1) is 47.3 Å². The highest BCUT2D eigenvalue weighted by Gasteiger charge is 2.44. The third kappa shape index (κ3) is 9.71. The fourth-order valence-electron chi connectivity index (χ4n) is 9.37. The second kappa shape index (κ2) is 16.8. The van der Waals surface area contributed by atoms with Gasteiger partial charge in [-0.15, -0.1) is 0 Å². The summed E-state index contributed by atoms with van der Waals surface area (Å²) in [5.74, 6) is 3.34. The van der Waals surface area contributed by atoms with Gasteiger partial charge in [-0.2, -0.15) is 0 Å². The van der Waals surface area contributed by atoms with Crippen LogP contribution in [0.15, 0.2) is 0 Å². The number of fused-ring (bicyclic) bond motifs is 1. The van der Waals surface area contributed by atoms with Gasteiger partial charge in [-0.05, 0) is 87.0 Å². The first-order valence-corrected chi connectivity index (χ1v) is 19.3. The Morgan fingerprint density at radius 3 is 1.47 bits per heavy atom. The lowest BCUT2D eigenvalue weighted by Gasteiger charge is -2.48. The molecule has 45 heavy (non-hydrogen) atoms. The van der Waals surface area contributed by atoms with E-state index >= 15 is 0 Å². The largest absolute Gasteiger partial charge is 0.462 e. The van der Waals surface area contributed by atoms with Crippen molar-refractivity contribution in [3.8, 4) is 0 Å². The van der Waals surface area contributed by atoms with Crippen molar-refractivity contribution in [3.05, 3.63) is 0 Å². The van der Waals surface area contributed by atoms with E-state index in [1.807, 2.05) is 0 Å². The zero-order valence-corrected chi connectivity index (χ0v) is 30.6. The molecule has 8 unspecified atom stereocenters. The SMILES string of the molecule is CCCCCN1C(C(C)C)CC(OC(=O)C2CCC3CC(C(=O)OC4CC(C(C)C)NC(C(C)C)C4)CCC3C2)CC1C(C)C. The molecule has 0 aromatic carbocycles. The van der Waals surface area contributed by atoms with Gasteiger partial charge in [0, 0.05) is 49.9 Å². The predicted molar refractivity (Wildman–Crippen MR) is 184 cm³/mol. The molecule has 0 aromatic rings. The second-order valence-electron chi connectivity index (χ2n) is 17.0. The summed E-state index contributed by atoms with van der Waals surface area (Å²) in [5.41, 5.74) is 0. The van der Waals surface area contributed by atoms with Crippen molar-refractivity contribution < 1.29 is 19.1 Å². The van der Waals surface area contributed by atoms with E-state index in [1.165, 1.54) is 19.3 Å². The molecule has 2 saturated carbocycles. The Balaban J connectivity index is 1.27. The molecular weight excluding hydrogens is 560 g/mol. The first-order chi connectivity index (χ1) is 21.4. The quantitative estimate of drug-likeness (QED) is 0.173. The second-order valence-corrected chi connectivity index (χ2v) is 17.0. The van der Waals surface area contributed by atoms with E-state index in [-0.39, 0.29) is 36.0 Å². The average Bonchev–Trinajstić information content (AvgIpc) is 3.00. The van der Waals surface area contributed by atoms with Crippen LogP contribution < -0.4 is 5.32 Å². The molecule has 4 rings (SSSR count). The number of nitrogens with zero attached hydrogens (tertiary/aromatic N) is 1. The number of hydrogen-bond acceptors (Lipinski definition) is 6. The Labute approximate surface area is 276 Å². The Kier molecular flexibility index (Phi) is 13.7. The molecule has 8 atom stereocenters. The maximum Gasteiger partial charge on any atom is 0.309 e. The number of esters is 2. The molecule has 260 valence electrons. The molecule has 2 saturated heterocycles. The molecule has 2 aliphatic heterocycles. The number of likely N-dealkylation sites (tertiary alicyclic amines) is 1. The van der Waals surface area contributed by atoms with Crippen LogP contribution in [-0.2, 0) is 19.1 Å². The first kappa shape index (κ1) is 36.7. The molecule has 4 aliphatic rings. The third-order valence-corrected chi connectivity index (χ3v) is 12.3. The highest BCUT2D eigenvalue weighted by molar-refractivity contribution is 5.73. The lowest BCUT2D eigenvalue weighted by atomic mass is 9.65. The zero-order valence-electron chi connectivity index (χ0n) is 30.6. The van der Waals surface area contributed by atoms with E-state index in [1.54, 1.807) is 0 Å². The summed E-state index contributed by atoms with van der Waals surface area (Å²) >= 11 is 0. The van der Waals surface area contributed by atoms with Gasteiger partial charge >= 0.3 is 11.9 Å². The molecule has 0 aromatic heterocycles. The summed E-state index contributed by atoms with van der Waals surface area (Å²) < 4.78 is 12.6. The molecule has 6 nitrogen and oxygen atoms in total. The summed E-state index contributed by atoms with van der Waals surface area (Å²) in [4.78, 5) is 29.8.